The molecule has 0 aliphatic carbocycles. The van der Waals surface area contributed by atoms with E-state index in [4.69, 9.17) is 21.7 Å². The van der Waals surface area contributed by atoms with Crippen molar-refractivity contribution in [3.8, 4) is 12.3 Å². The normalized spacial score (nSPS) is 18.0. The fourth-order valence-electron chi connectivity index (χ4n) is 6.70. The van der Waals surface area contributed by atoms with E-state index in [2.05, 4.69) is 27.0 Å². The molecule has 2 aromatic rings. The van der Waals surface area contributed by atoms with Gasteiger partial charge in [-0.2, -0.15) is 0 Å². The summed E-state index contributed by atoms with van der Waals surface area (Å²) in [6, 6.07) is 1.84. The average Bonchev–Trinajstić information content (AvgIpc) is 3.84. The number of halogens is 1. The van der Waals surface area contributed by atoms with E-state index >= 15 is 0 Å². The number of aliphatic carboxylic acids is 1. The maximum absolute atomic E-state index is 14.6. The lowest BCUT2D eigenvalue weighted by Gasteiger charge is -2.37. The zero-order chi connectivity index (χ0) is 43.4. The van der Waals surface area contributed by atoms with Crippen molar-refractivity contribution in [1.82, 2.24) is 26.1 Å². The Balaban J connectivity index is 1.95. The molecule has 0 saturated carbocycles. The minimum atomic E-state index is -1.24. The van der Waals surface area contributed by atoms with Crippen molar-refractivity contribution in [3.63, 3.8) is 0 Å². The number of amides is 2. The van der Waals surface area contributed by atoms with Crippen molar-refractivity contribution in [2.45, 2.75) is 137 Å². The third-order valence-electron chi connectivity index (χ3n) is 10.5. The van der Waals surface area contributed by atoms with Crippen LogP contribution in [0.4, 0.5) is 10.1 Å². The number of terminal acetylenes is 1. The summed E-state index contributed by atoms with van der Waals surface area (Å²) in [5.41, 5.74) is 6.89. The first-order valence-corrected chi connectivity index (χ1v) is 20.7. The smallest absolute Gasteiger partial charge is 0.309 e. The van der Waals surface area contributed by atoms with Crippen LogP contribution >= 0.6 is 11.3 Å². The number of esters is 1. The number of anilines is 1. The number of ether oxygens (including phenoxy) is 1. The van der Waals surface area contributed by atoms with E-state index in [0.717, 1.165) is 22.6 Å². The number of nitrogens with two attached hydrogens (primary N) is 1. The molecule has 0 radical (unpaired) electrons. The Labute approximate surface area is 344 Å². The van der Waals surface area contributed by atoms with Crippen molar-refractivity contribution in [3.05, 3.63) is 50.6 Å². The third-order valence-corrected chi connectivity index (χ3v) is 11.5. The highest BCUT2D eigenvalue weighted by molar-refractivity contribution is 7.09. The summed E-state index contributed by atoms with van der Waals surface area (Å²) >= 11 is 1.08. The van der Waals surface area contributed by atoms with E-state index in [-0.39, 0.29) is 54.1 Å². The summed E-state index contributed by atoms with van der Waals surface area (Å²) in [6.07, 6.45) is 7.46. The number of aromatic nitrogens is 1. The lowest BCUT2D eigenvalue weighted by atomic mass is 9.84. The van der Waals surface area contributed by atoms with Gasteiger partial charge in [0.15, 0.2) is 12.1 Å². The number of unbranched alkanes of at least 4 members (excludes halogenated alkanes) is 1. The minimum Gasteiger partial charge on any atom is -0.481 e. The molecule has 6 atom stereocenters. The molecular weight excluding hydrogens is 770 g/mol. The molecule has 3 rings (SSSR count). The van der Waals surface area contributed by atoms with Crippen molar-refractivity contribution in [2.75, 3.05) is 18.9 Å². The third kappa shape index (κ3) is 13.2. The van der Waals surface area contributed by atoms with Gasteiger partial charge in [0, 0.05) is 51.1 Å². The molecule has 58 heavy (non-hydrogen) atoms. The molecule has 0 bridgehead atoms. The van der Waals surface area contributed by atoms with E-state index in [1.807, 2.05) is 27.7 Å². The summed E-state index contributed by atoms with van der Waals surface area (Å²) in [4.78, 5) is 77.9. The van der Waals surface area contributed by atoms with Crippen molar-refractivity contribution < 1.29 is 43.1 Å². The zero-order valence-corrected chi connectivity index (χ0v) is 35.7. The average molecular weight is 831 g/mol. The van der Waals surface area contributed by atoms with Gasteiger partial charge in [-0.15, -0.1) is 29.1 Å². The van der Waals surface area contributed by atoms with Crippen LogP contribution in [0.1, 0.15) is 127 Å². The minimum absolute atomic E-state index is 0.0103. The quantitative estimate of drug-likeness (QED) is 0.0229. The first-order valence-electron chi connectivity index (χ1n) is 19.8. The van der Waals surface area contributed by atoms with Crippen molar-refractivity contribution in [2.24, 2.45) is 17.3 Å². The monoisotopic (exact) mass is 830 g/mol. The topological polar surface area (TPSA) is 205 Å². The molecule has 1 aromatic carbocycles. The number of carbonyl (C=O) groups excluding carboxylic acids is 3. The van der Waals surface area contributed by atoms with Gasteiger partial charge in [-0.1, -0.05) is 40.2 Å². The maximum atomic E-state index is 14.6. The van der Waals surface area contributed by atoms with E-state index in [0.29, 0.717) is 37.8 Å². The Morgan fingerprint density at radius 3 is 2.53 bits per heavy atom. The molecule has 1 saturated heterocycles. The summed E-state index contributed by atoms with van der Waals surface area (Å²) in [5, 5.41) is 19.0. The Morgan fingerprint density at radius 2 is 1.97 bits per heavy atom. The molecule has 15 nitrogen and oxygen atoms in total. The number of hydroxylamine groups is 2. The van der Waals surface area contributed by atoms with Gasteiger partial charge >= 0.3 is 11.9 Å². The Morgan fingerprint density at radius 1 is 1.26 bits per heavy atom. The van der Waals surface area contributed by atoms with Gasteiger partial charge < -0.3 is 20.9 Å². The lowest BCUT2D eigenvalue weighted by Crippen LogP contribution is -2.61. The molecule has 6 N–H and O–H groups in total. The second-order valence-electron chi connectivity index (χ2n) is 16.2. The van der Waals surface area contributed by atoms with Gasteiger partial charge in [0.2, 0.25) is 0 Å². The van der Waals surface area contributed by atoms with Gasteiger partial charge in [-0.05, 0) is 69.1 Å². The molecule has 0 unspecified atom stereocenters. The Hall–Kier alpha value is -4.66. The number of benzene rings is 1. The number of nitrogens with zero attached hydrogens (tertiary/aromatic N) is 3. The SMILES string of the molecule is C#CCCCON(C(=O)[C@@H](N[N+](=O)[C@@]1(C)CCCN1)[C@@H](C)CC)[C@H](C[C@@H](OC(C)=O)c1nc(C(=O)N[C@@H](Cc2ccc(N)c(F)c2)CC(C)(C)C(=O)O)cs1)C(C)C. The predicted octanol–water partition coefficient (Wildman–Crippen LogP) is 5.70. The first-order chi connectivity index (χ1) is 27.2. The van der Waals surface area contributed by atoms with Crippen LogP contribution in [0.5, 0.6) is 0 Å². The number of carboxylic acid groups (broad SMARTS) is 1. The number of carboxylic acids is 1. The van der Waals surface area contributed by atoms with Crippen LogP contribution in [0.25, 0.3) is 0 Å². The number of rotatable bonds is 23. The fourth-order valence-corrected chi connectivity index (χ4v) is 7.54. The molecular formula is C41H61FN7O8S+. The number of nitroso groups, excluding NO2 is 1. The van der Waals surface area contributed by atoms with Gasteiger partial charge in [0.05, 0.1) is 28.7 Å². The highest BCUT2D eigenvalue weighted by atomic mass is 32.1. The van der Waals surface area contributed by atoms with Crippen LogP contribution in [0.2, 0.25) is 0 Å². The molecule has 1 aliphatic heterocycles. The number of carbonyl (C=O) groups is 4. The molecule has 1 aliphatic rings. The van der Waals surface area contributed by atoms with E-state index < -0.39 is 64.9 Å². The van der Waals surface area contributed by atoms with Crippen LogP contribution < -0.4 is 21.8 Å². The highest BCUT2D eigenvalue weighted by Gasteiger charge is 2.48. The summed E-state index contributed by atoms with van der Waals surface area (Å²) in [5.74, 6) is -1.39. The predicted molar refractivity (Wildman–Crippen MR) is 218 cm³/mol. The van der Waals surface area contributed by atoms with Crippen molar-refractivity contribution in [1.29, 1.82) is 0 Å². The number of hydrazine groups is 1. The van der Waals surface area contributed by atoms with Gasteiger partial charge in [0.1, 0.15) is 21.4 Å². The van der Waals surface area contributed by atoms with E-state index in [9.17, 15) is 33.6 Å². The summed E-state index contributed by atoms with van der Waals surface area (Å²) < 4.78 is 20.1. The summed E-state index contributed by atoms with van der Waals surface area (Å²) in [7, 11) is 0. The molecule has 17 heteroatoms. The highest BCUT2D eigenvalue weighted by Crippen LogP contribution is 2.32. The van der Waals surface area contributed by atoms with Gasteiger partial charge in [0.25, 0.3) is 17.5 Å². The first kappa shape index (κ1) is 47.7. The summed E-state index contributed by atoms with van der Waals surface area (Å²) in [6.45, 7) is 14.5. The Bertz CT molecular complexity index is 1790. The number of thiazole rings is 1. The second kappa shape index (κ2) is 21.4. The fraction of sp³-hybridized carbons (Fsp3) is 0.634. The van der Waals surface area contributed by atoms with Crippen LogP contribution in [0.3, 0.4) is 0 Å². The van der Waals surface area contributed by atoms with Gasteiger partial charge in [-0.3, -0.25) is 29.3 Å². The van der Waals surface area contributed by atoms with E-state index in [1.165, 1.54) is 43.3 Å². The molecule has 0 spiro atoms. The van der Waals surface area contributed by atoms with E-state index in [1.54, 1.807) is 13.0 Å². The van der Waals surface area contributed by atoms with Gasteiger partial charge in [-0.25, -0.2) is 14.4 Å². The molecule has 2 amide bonds. The lowest BCUT2D eigenvalue weighted by molar-refractivity contribution is -0.683. The Kier molecular flexibility index (Phi) is 17.6. The largest absolute Gasteiger partial charge is 0.481 e. The van der Waals surface area contributed by atoms with Crippen LogP contribution in [0.15, 0.2) is 23.6 Å². The standard InChI is InChI=1S/C41H60FN7O8S/c1-10-12-13-19-56-48(38(52)35(26(5)11-2)47-49(55)41(9)17-14-18-44-41)33(25(3)4)22-34(57-27(6)50)37-46-32(24-58-37)36(51)45-29(23-40(7,8)39(53)54)20-28-15-16-31(43)30(42)21-28/h1,15-16,21,24-26,29,33-35,44H,11-14,17-20,22-23,43H2,2-9H3,(H2-,45,47,51,53,54,55)/p+1/t26-,29-,33+,34+,35-,41-/m0/s1. The number of hydrogen-bond donors (Lipinski definition) is 5. The van der Waals surface area contributed by atoms with Crippen LogP contribution in [0, 0.1) is 40.3 Å². The van der Waals surface area contributed by atoms with Crippen molar-refractivity contribution >= 4 is 40.8 Å². The molecule has 1 aromatic heterocycles. The molecule has 2 heterocycles. The molecule has 1 fully saturated rings. The van der Waals surface area contributed by atoms with Crippen LogP contribution in [-0.4, -0.2) is 80.7 Å². The molecule has 320 valence electrons. The maximum Gasteiger partial charge on any atom is 0.309 e. The number of hydrogen-bond acceptors (Lipinski definition) is 11. The number of nitrogen functional groups attached to an aromatic ring is 1. The zero-order valence-electron chi connectivity index (χ0n) is 34.9. The second-order valence-corrected chi connectivity index (χ2v) is 17.1. The van der Waals surface area contributed by atoms with Crippen LogP contribution in [-0.2, 0) is 30.4 Å². The number of nitrogens with one attached hydrogen (secondary N) is 3.